The highest BCUT2D eigenvalue weighted by Gasteiger charge is 2.17. The lowest BCUT2D eigenvalue weighted by atomic mass is 10.2. The molecule has 136 valence electrons. The highest BCUT2D eigenvalue weighted by atomic mass is 19.1. The van der Waals surface area contributed by atoms with Crippen molar-refractivity contribution in [3.63, 3.8) is 0 Å². The Morgan fingerprint density at radius 1 is 1.11 bits per heavy atom. The van der Waals surface area contributed by atoms with Crippen LogP contribution in [0, 0.1) is 5.82 Å². The van der Waals surface area contributed by atoms with Crippen LogP contribution in [0.3, 0.4) is 0 Å². The number of benzene rings is 1. The molecule has 4 rings (SSSR count). The maximum Gasteiger partial charge on any atom is 0.251 e. The predicted molar refractivity (Wildman–Crippen MR) is 95.7 cm³/mol. The molecule has 27 heavy (non-hydrogen) atoms. The van der Waals surface area contributed by atoms with E-state index in [0.29, 0.717) is 11.4 Å². The van der Waals surface area contributed by atoms with E-state index >= 15 is 0 Å². The first kappa shape index (κ1) is 16.7. The molecule has 0 aliphatic heterocycles. The van der Waals surface area contributed by atoms with E-state index < -0.39 is 11.2 Å². The van der Waals surface area contributed by atoms with Gasteiger partial charge in [-0.25, -0.2) is 13.8 Å². The normalized spacial score (nSPS) is 10.9. The Morgan fingerprint density at radius 3 is 2.59 bits per heavy atom. The summed E-state index contributed by atoms with van der Waals surface area (Å²) in [5.41, 5.74) is 0.964. The molecule has 9 heteroatoms. The first-order chi connectivity index (χ1) is 13.1. The van der Waals surface area contributed by atoms with Crippen LogP contribution in [0.4, 0.5) is 4.39 Å². The van der Waals surface area contributed by atoms with Gasteiger partial charge in [-0.2, -0.15) is 15.3 Å². The first-order valence-electron chi connectivity index (χ1n) is 8.05. The number of aromatic nitrogens is 6. The second-order valence-corrected chi connectivity index (χ2v) is 5.75. The molecule has 0 aliphatic carbocycles. The number of methoxy groups -OCH3 is 1. The van der Waals surface area contributed by atoms with Crippen LogP contribution in [0.5, 0.6) is 5.75 Å². The van der Waals surface area contributed by atoms with E-state index in [1.54, 1.807) is 54.6 Å². The number of rotatable bonds is 4. The standard InChI is InChI=1S/C18H15FN6O2/c1-23-15(6-8-20-23)17-18(26)16(27-2)11-25(22-17)14-5-4-12(10-13(14)19)24-9-3-7-21-24/h3-11H,1-2H3. The molecule has 0 saturated carbocycles. The average molecular weight is 366 g/mol. The zero-order valence-corrected chi connectivity index (χ0v) is 14.6. The lowest BCUT2D eigenvalue weighted by molar-refractivity contribution is 0.405. The first-order valence-corrected chi connectivity index (χ1v) is 8.05. The van der Waals surface area contributed by atoms with E-state index in [1.165, 1.54) is 28.7 Å². The summed E-state index contributed by atoms with van der Waals surface area (Å²) in [6, 6.07) is 8.03. The summed E-state index contributed by atoms with van der Waals surface area (Å²) in [6.45, 7) is 0. The van der Waals surface area contributed by atoms with Crippen LogP contribution in [0.2, 0.25) is 0 Å². The summed E-state index contributed by atoms with van der Waals surface area (Å²) in [4.78, 5) is 12.6. The number of halogens is 1. The van der Waals surface area contributed by atoms with Crippen LogP contribution < -0.4 is 10.2 Å². The van der Waals surface area contributed by atoms with E-state index in [4.69, 9.17) is 4.74 Å². The van der Waals surface area contributed by atoms with E-state index in [9.17, 15) is 9.18 Å². The molecule has 0 atom stereocenters. The number of ether oxygens (including phenoxy) is 1. The van der Waals surface area contributed by atoms with Crippen molar-refractivity contribution < 1.29 is 9.13 Å². The Balaban J connectivity index is 1.87. The SMILES string of the molecule is COc1cn(-c2ccc(-n3cccn3)cc2F)nc(-c2ccnn2C)c1=O. The van der Waals surface area contributed by atoms with E-state index in [-0.39, 0.29) is 17.1 Å². The fraction of sp³-hybridized carbons (Fsp3) is 0.111. The summed E-state index contributed by atoms with van der Waals surface area (Å²) >= 11 is 0. The quantitative estimate of drug-likeness (QED) is 0.552. The van der Waals surface area contributed by atoms with Crippen LogP contribution in [0.15, 0.2) is 59.9 Å². The summed E-state index contributed by atoms with van der Waals surface area (Å²) in [6.07, 6.45) is 6.24. The molecular formula is C18H15FN6O2. The molecule has 0 amide bonds. The molecule has 8 nitrogen and oxygen atoms in total. The van der Waals surface area contributed by atoms with Gasteiger partial charge in [0, 0.05) is 31.7 Å². The minimum Gasteiger partial charge on any atom is -0.491 e. The van der Waals surface area contributed by atoms with Gasteiger partial charge in [0.25, 0.3) is 5.43 Å². The van der Waals surface area contributed by atoms with Gasteiger partial charge in [0.15, 0.2) is 17.3 Å². The highest BCUT2D eigenvalue weighted by Crippen LogP contribution is 2.20. The van der Waals surface area contributed by atoms with Crippen molar-refractivity contribution in [2.75, 3.05) is 7.11 Å². The molecule has 0 saturated heterocycles. The van der Waals surface area contributed by atoms with Crippen molar-refractivity contribution in [1.29, 1.82) is 0 Å². The number of aryl methyl sites for hydroxylation is 1. The topological polar surface area (TPSA) is 79.8 Å². The molecule has 0 N–H and O–H groups in total. The molecule has 1 aromatic carbocycles. The van der Waals surface area contributed by atoms with E-state index in [2.05, 4.69) is 15.3 Å². The van der Waals surface area contributed by atoms with E-state index in [1.807, 2.05) is 0 Å². The second kappa shape index (κ2) is 6.52. The molecule has 0 radical (unpaired) electrons. The predicted octanol–water partition coefficient (Wildman–Crippen LogP) is 1.97. The van der Waals surface area contributed by atoms with Crippen molar-refractivity contribution >= 4 is 0 Å². The van der Waals surface area contributed by atoms with Gasteiger partial charge in [-0.15, -0.1) is 0 Å². The van der Waals surface area contributed by atoms with Gasteiger partial charge in [0.2, 0.25) is 0 Å². The van der Waals surface area contributed by atoms with Crippen LogP contribution in [-0.4, -0.2) is 36.5 Å². The van der Waals surface area contributed by atoms with E-state index in [0.717, 1.165) is 0 Å². The lowest BCUT2D eigenvalue weighted by Crippen LogP contribution is -2.18. The van der Waals surface area contributed by atoms with Crippen LogP contribution in [0.1, 0.15) is 0 Å². The Labute approximate surface area is 153 Å². The molecule has 0 fully saturated rings. The van der Waals surface area contributed by atoms with Crippen molar-refractivity contribution in [3.05, 3.63) is 71.2 Å². The second-order valence-electron chi connectivity index (χ2n) is 5.75. The largest absolute Gasteiger partial charge is 0.491 e. The third-order valence-corrected chi connectivity index (χ3v) is 4.12. The van der Waals surface area contributed by atoms with Crippen molar-refractivity contribution in [3.8, 4) is 28.5 Å². The Kier molecular flexibility index (Phi) is 4.03. The Bertz CT molecular complexity index is 1160. The number of hydrogen-bond donors (Lipinski definition) is 0. The molecular weight excluding hydrogens is 351 g/mol. The Hall–Kier alpha value is -3.75. The zero-order valence-electron chi connectivity index (χ0n) is 14.6. The number of nitrogens with zero attached hydrogens (tertiary/aromatic N) is 6. The maximum atomic E-state index is 14.8. The molecule has 0 bridgehead atoms. The molecule has 0 unspecified atom stereocenters. The van der Waals surface area contributed by atoms with Gasteiger partial charge in [-0.3, -0.25) is 9.48 Å². The van der Waals surface area contributed by atoms with Crippen LogP contribution >= 0.6 is 0 Å². The summed E-state index contributed by atoms with van der Waals surface area (Å²) in [5.74, 6) is -0.464. The smallest absolute Gasteiger partial charge is 0.251 e. The molecule has 3 heterocycles. The zero-order chi connectivity index (χ0) is 19.0. The maximum absolute atomic E-state index is 14.8. The summed E-state index contributed by atoms with van der Waals surface area (Å²) in [5, 5.41) is 12.4. The average Bonchev–Trinajstić information content (AvgIpc) is 3.34. The third kappa shape index (κ3) is 2.88. The minimum atomic E-state index is -0.517. The fourth-order valence-electron chi connectivity index (χ4n) is 2.76. The summed E-state index contributed by atoms with van der Waals surface area (Å²) < 4.78 is 24.3. The van der Waals surface area contributed by atoms with Gasteiger partial charge < -0.3 is 4.74 Å². The molecule has 0 spiro atoms. The van der Waals surface area contributed by atoms with Crippen LogP contribution in [-0.2, 0) is 7.05 Å². The fourth-order valence-corrected chi connectivity index (χ4v) is 2.76. The molecule has 0 aliphatic rings. The van der Waals surface area contributed by atoms with Crippen molar-refractivity contribution in [2.24, 2.45) is 7.05 Å². The monoisotopic (exact) mass is 366 g/mol. The lowest BCUT2D eigenvalue weighted by Gasteiger charge is -2.12. The molecule has 4 aromatic rings. The van der Waals surface area contributed by atoms with Gasteiger partial charge in [-0.05, 0) is 24.3 Å². The van der Waals surface area contributed by atoms with Gasteiger partial charge in [-0.1, -0.05) is 0 Å². The summed E-state index contributed by atoms with van der Waals surface area (Å²) in [7, 11) is 3.07. The molecule has 3 aromatic heterocycles. The number of hydrogen-bond acceptors (Lipinski definition) is 5. The Morgan fingerprint density at radius 2 is 1.96 bits per heavy atom. The minimum absolute atomic E-state index is 0.0525. The van der Waals surface area contributed by atoms with Crippen LogP contribution in [0.25, 0.3) is 22.8 Å². The van der Waals surface area contributed by atoms with Crippen molar-refractivity contribution in [1.82, 2.24) is 29.3 Å². The van der Waals surface area contributed by atoms with Crippen molar-refractivity contribution in [2.45, 2.75) is 0 Å². The highest BCUT2D eigenvalue weighted by molar-refractivity contribution is 5.56. The third-order valence-electron chi connectivity index (χ3n) is 4.12. The van der Waals surface area contributed by atoms with Gasteiger partial charge in [0.05, 0.1) is 24.7 Å². The van der Waals surface area contributed by atoms with Gasteiger partial charge >= 0.3 is 0 Å². The van der Waals surface area contributed by atoms with Gasteiger partial charge in [0.1, 0.15) is 5.69 Å².